The Bertz CT molecular complexity index is 1300. The summed E-state index contributed by atoms with van der Waals surface area (Å²) in [5.41, 5.74) is 6.50. The molecule has 3 aromatic rings. The summed E-state index contributed by atoms with van der Waals surface area (Å²) in [6.45, 7) is 5.88. The van der Waals surface area contributed by atoms with Gasteiger partial charge >= 0.3 is 6.09 Å². The average Bonchev–Trinajstić information content (AvgIpc) is 2.84. The van der Waals surface area contributed by atoms with Crippen LogP contribution in [0.1, 0.15) is 69.7 Å². The van der Waals surface area contributed by atoms with Crippen LogP contribution in [0.15, 0.2) is 65.8 Å². The molecule has 1 fully saturated rings. The molecule has 1 heterocycles. The number of carbonyl (C=O) groups is 1. The van der Waals surface area contributed by atoms with Crippen molar-refractivity contribution in [3.8, 4) is 22.4 Å². The first-order valence-electron chi connectivity index (χ1n) is 12.7. The Kier molecular flexibility index (Phi) is 6.07. The fourth-order valence-electron chi connectivity index (χ4n) is 5.91. The summed E-state index contributed by atoms with van der Waals surface area (Å²) in [5, 5.41) is 23.2. The zero-order valence-corrected chi connectivity index (χ0v) is 21.2. The molecule has 6 nitrogen and oxygen atoms in total. The highest BCUT2D eigenvalue weighted by Gasteiger charge is 2.50. The maximum atomic E-state index is 12.3. The van der Waals surface area contributed by atoms with Gasteiger partial charge < -0.3 is 10.3 Å². The van der Waals surface area contributed by atoms with Crippen LogP contribution in [0.5, 0.6) is 0 Å². The van der Waals surface area contributed by atoms with Crippen molar-refractivity contribution in [2.45, 2.75) is 70.4 Å². The van der Waals surface area contributed by atoms with Crippen molar-refractivity contribution in [1.29, 1.82) is 0 Å². The number of nitrogens with zero attached hydrogens (tertiary/aromatic N) is 3. The molecule has 1 amide bonds. The van der Waals surface area contributed by atoms with Crippen LogP contribution in [0.3, 0.4) is 0 Å². The molecule has 0 aliphatic heterocycles. The molecule has 1 aromatic heterocycles. The van der Waals surface area contributed by atoms with Crippen molar-refractivity contribution in [2.24, 2.45) is 5.16 Å². The fourth-order valence-corrected chi connectivity index (χ4v) is 5.91. The van der Waals surface area contributed by atoms with Gasteiger partial charge in [0.1, 0.15) is 0 Å². The van der Waals surface area contributed by atoms with Crippen molar-refractivity contribution in [1.82, 2.24) is 9.88 Å². The lowest BCUT2D eigenvalue weighted by molar-refractivity contribution is -0.0328. The Morgan fingerprint density at radius 3 is 2.19 bits per heavy atom. The molecule has 0 spiro atoms. The van der Waals surface area contributed by atoms with E-state index in [1.807, 2.05) is 39.0 Å². The summed E-state index contributed by atoms with van der Waals surface area (Å²) in [4.78, 5) is 19.1. The van der Waals surface area contributed by atoms with E-state index < -0.39 is 17.2 Å². The molecule has 0 radical (unpaired) electrons. The predicted octanol–water partition coefficient (Wildman–Crippen LogP) is 7.09. The van der Waals surface area contributed by atoms with Crippen LogP contribution in [-0.4, -0.2) is 37.5 Å². The minimum Gasteiger partial charge on any atom is -0.465 e. The van der Waals surface area contributed by atoms with Crippen LogP contribution < -0.4 is 0 Å². The van der Waals surface area contributed by atoms with Gasteiger partial charge in [-0.05, 0) is 76.5 Å². The highest BCUT2D eigenvalue weighted by atomic mass is 16.4. The van der Waals surface area contributed by atoms with Gasteiger partial charge in [0, 0.05) is 22.2 Å². The zero-order chi connectivity index (χ0) is 25.5. The molecule has 6 heteroatoms. The highest BCUT2D eigenvalue weighted by Crippen LogP contribution is 2.49. The molecule has 0 unspecified atom stereocenters. The maximum Gasteiger partial charge on any atom is 0.408 e. The fraction of sp³-hybridized carbons (Fsp3) is 0.367. The molecule has 2 N–H and O–H groups in total. The molecule has 0 saturated heterocycles. The lowest BCUT2D eigenvalue weighted by Gasteiger charge is -2.54. The minimum atomic E-state index is -0.879. The minimum absolute atomic E-state index is 0.499. The highest BCUT2D eigenvalue weighted by molar-refractivity contribution is 6.03. The van der Waals surface area contributed by atoms with Crippen LogP contribution in [0.2, 0.25) is 0 Å². The summed E-state index contributed by atoms with van der Waals surface area (Å²) in [6.07, 6.45) is 4.27. The van der Waals surface area contributed by atoms with E-state index in [0.29, 0.717) is 5.71 Å². The second kappa shape index (κ2) is 9.08. The molecule has 1 saturated carbocycles. The Morgan fingerprint density at radius 1 is 0.944 bits per heavy atom. The molecule has 2 aromatic carbocycles. The summed E-state index contributed by atoms with van der Waals surface area (Å²) >= 11 is 0. The van der Waals surface area contributed by atoms with E-state index in [-0.39, 0.29) is 0 Å². The summed E-state index contributed by atoms with van der Waals surface area (Å²) in [6, 6.07) is 20.5. The number of fused-ring (bicyclic) bond motifs is 1. The number of hydrogen-bond acceptors (Lipinski definition) is 4. The number of oxime groups is 1. The molecular formula is C30H33N3O3. The van der Waals surface area contributed by atoms with E-state index >= 15 is 0 Å². The largest absolute Gasteiger partial charge is 0.465 e. The first-order valence-corrected chi connectivity index (χ1v) is 12.7. The van der Waals surface area contributed by atoms with Gasteiger partial charge in [0.2, 0.25) is 0 Å². The zero-order valence-electron chi connectivity index (χ0n) is 21.2. The van der Waals surface area contributed by atoms with Crippen LogP contribution >= 0.6 is 0 Å². The Morgan fingerprint density at radius 2 is 1.64 bits per heavy atom. The normalized spacial score (nSPS) is 17.8. The van der Waals surface area contributed by atoms with Crippen LogP contribution in [-0.2, 0) is 12.0 Å². The lowest BCUT2D eigenvalue weighted by atomic mass is 9.69. The van der Waals surface area contributed by atoms with Gasteiger partial charge in [-0.3, -0.25) is 9.88 Å². The van der Waals surface area contributed by atoms with Crippen molar-refractivity contribution in [2.75, 3.05) is 0 Å². The van der Waals surface area contributed by atoms with Crippen LogP contribution in [0, 0.1) is 0 Å². The van der Waals surface area contributed by atoms with Crippen molar-refractivity contribution >= 4 is 11.8 Å². The quantitative estimate of drug-likeness (QED) is 0.306. The third-order valence-electron chi connectivity index (χ3n) is 7.61. The SMILES string of the molecule is CC(C)(C)N(C(=O)O)C1(c2ccc(-c3nc4c(cc3-c3ccccc3)/C(=N/O)CCC4)cc2)CCC1. The van der Waals surface area contributed by atoms with Gasteiger partial charge in [0.05, 0.1) is 22.6 Å². The van der Waals surface area contributed by atoms with Gasteiger partial charge in [0.25, 0.3) is 0 Å². The average molecular weight is 484 g/mol. The number of aromatic nitrogens is 1. The standard InChI is InChI=1S/C30H33N3O3/c1-29(2,3)33(28(34)35)30(17-8-18-30)22-15-13-21(14-16-22)27-23(20-9-5-4-6-10-20)19-24-25(31-27)11-7-12-26(24)32-36/h4-6,9-10,13-16,19,36H,7-8,11-12,17-18H2,1-3H3,(H,34,35)/b32-26+. The number of amides is 1. The lowest BCUT2D eigenvalue weighted by Crippen LogP contribution is -2.60. The monoisotopic (exact) mass is 483 g/mol. The molecule has 186 valence electrons. The van der Waals surface area contributed by atoms with Crippen molar-refractivity contribution in [3.05, 3.63) is 77.5 Å². The summed E-state index contributed by atoms with van der Waals surface area (Å²) in [7, 11) is 0. The van der Waals surface area contributed by atoms with E-state index in [9.17, 15) is 15.1 Å². The second-order valence-corrected chi connectivity index (χ2v) is 10.9. The topological polar surface area (TPSA) is 86.0 Å². The molecule has 2 aliphatic rings. The van der Waals surface area contributed by atoms with Crippen LogP contribution in [0.4, 0.5) is 4.79 Å². The molecule has 2 aliphatic carbocycles. The molecular weight excluding hydrogens is 450 g/mol. The van der Waals surface area contributed by atoms with Gasteiger partial charge in [-0.1, -0.05) is 59.8 Å². The third kappa shape index (κ3) is 4.04. The smallest absolute Gasteiger partial charge is 0.408 e. The van der Waals surface area contributed by atoms with E-state index in [4.69, 9.17) is 4.98 Å². The van der Waals surface area contributed by atoms with E-state index in [1.165, 1.54) is 0 Å². The van der Waals surface area contributed by atoms with Gasteiger partial charge in [-0.25, -0.2) is 4.79 Å². The molecule has 36 heavy (non-hydrogen) atoms. The van der Waals surface area contributed by atoms with Gasteiger partial charge in [-0.15, -0.1) is 0 Å². The van der Waals surface area contributed by atoms with E-state index in [0.717, 1.165) is 77.7 Å². The van der Waals surface area contributed by atoms with Crippen molar-refractivity contribution in [3.63, 3.8) is 0 Å². The summed E-state index contributed by atoms with van der Waals surface area (Å²) in [5.74, 6) is 0. The Labute approximate surface area is 212 Å². The number of benzene rings is 2. The van der Waals surface area contributed by atoms with Gasteiger partial charge in [-0.2, -0.15) is 0 Å². The third-order valence-corrected chi connectivity index (χ3v) is 7.61. The second-order valence-electron chi connectivity index (χ2n) is 10.9. The predicted molar refractivity (Wildman–Crippen MR) is 142 cm³/mol. The number of hydrogen-bond donors (Lipinski definition) is 2. The Hall–Kier alpha value is -3.67. The molecule has 5 rings (SSSR count). The summed E-state index contributed by atoms with van der Waals surface area (Å²) < 4.78 is 0. The number of pyridine rings is 1. The maximum absolute atomic E-state index is 12.3. The number of rotatable bonds is 4. The first-order chi connectivity index (χ1) is 17.2. The molecule has 0 bridgehead atoms. The first kappa shape index (κ1) is 24.0. The number of carboxylic acid groups (broad SMARTS) is 1. The van der Waals surface area contributed by atoms with Crippen LogP contribution in [0.25, 0.3) is 22.4 Å². The van der Waals surface area contributed by atoms with Gasteiger partial charge in [0.15, 0.2) is 0 Å². The van der Waals surface area contributed by atoms with E-state index in [1.54, 1.807) is 4.90 Å². The Balaban J connectivity index is 1.61. The van der Waals surface area contributed by atoms with Crippen molar-refractivity contribution < 1.29 is 15.1 Å². The molecule has 0 atom stereocenters. The van der Waals surface area contributed by atoms with E-state index in [2.05, 4.69) is 47.6 Å². The number of aryl methyl sites for hydroxylation is 1.